The highest BCUT2D eigenvalue weighted by molar-refractivity contribution is 6.09. The Kier molecular flexibility index (Phi) is 3.65. The lowest BCUT2D eigenvalue weighted by atomic mass is 9.77. The van der Waals surface area contributed by atoms with Gasteiger partial charge in [0, 0.05) is 0 Å². The zero-order chi connectivity index (χ0) is 14.9. The maximum Gasteiger partial charge on any atom is 0.325 e. The minimum absolute atomic E-state index is 0.394. The fourth-order valence-electron chi connectivity index (χ4n) is 2.73. The average Bonchev–Trinajstić information content (AvgIpc) is 2.57. The van der Waals surface area contributed by atoms with E-state index in [1.807, 2.05) is 5.32 Å². The lowest BCUT2D eigenvalue weighted by molar-refractivity contribution is -0.135. The van der Waals surface area contributed by atoms with Crippen molar-refractivity contribution in [3.05, 3.63) is 0 Å². The fourth-order valence-corrected chi connectivity index (χ4v) is 2.73. The lowest BCUT2D eigenvalue weighted by Gasteiger charge is -2.33. The summed E-state index contributed by atoms with van der Waals surface area (Å²) in [5.74, 6) is -0.645. The number of carbonyl (C=O) groups is 4. The van der Waals surface area contributed by atoms with Gasteiger partial charge in [0.1, 0.15) is 12.1 Å². The number of nitrogens with one attached hydrogen (secondary N) is 2. The first kappa shape index (κ1) is 14.3. The van der Waals surface area contributed by atoms with Crippen molar-refractivity contribution in [2.75, 3.05) is 6.54 Å². The molecule has 110 valence electrons. The molecule has 6 amide bonds. The van der Waals surface area contributed by atoms with E-state index in [-0.39, 0.29) is 0 Å². The van der Waals surface area contributed by atoms with Gasteiger partial charge in [-0.3, -0.25) is 19.8 Å². The second-order valence-electron chi connectivity index (χ2n) is 5.50. The minimum atomic E-state index is -1.01. The largest absolute Gasteiger partial charge is 0.351 e. The number of nitrogens with zero attached hydrogens (tertiary/aromatic N) is 1. The maximum absolute atomic E-state index is 12.4. The van der Waals surface area contributed by atoms with Crippen LogP contribution in [0.15, 0.2) is 0 Å². The van der Waals surface area contributed by atoms with Crippen LogP contribution in [0.2, 0.25) is 0 Å². The molecule has 2 aliphatic rings. The molecule has 1 saturated carbocycles. The van der Waals surface area contributed by atoms with Crippen molar-refractivity contribution in [3.63, 3.8) is 0 Å². The minimum Gasteiger partial charge on any atom is -0.351 e. The molecule has 0 aromatic carbocycles. The Hall–Kier alpha value is -2.12. The molecule has 2 fully saturated rings. The third-order valence-corrected chi connectivity index (χ3v) is 3.94. The molecule has 0 unspecified atom stereocenters. The van der Waals surface area contributed by atoms with E-state index in [1.54, 1.807) is 0 Å². The Balaban J connectivity index is 2.05. The summed E-state index contributed by atoms with van der Waals surface area (Å²) in [6.07, 6.45) is 2.86. The van der Waals surface area contributed by atoms with Crippen LogP contribution in [-0.2, 0) is 9.59 Å². The zero-order valence-electron chi connectivity index (χ0n) is 11.3. The molecule has 2 rings (SSSR count). The van der Waals surface area contributed by atoms with E-state index in [2.05, 4.69) is 12.2 Å². The molecular formula is C12H18N4O4. The van der Waals surface area contributed by atoms with Crippen molar-refractivity contribution in [3.8, 4) is 0 Å². The van der Waals surface area contributed by atoms with Crippen molar-refractivity contribution in [2.45, 2.75) is 38.1 Å². The summed E-state index contributed by atoms with van der Waals surface area (Å²) in [5.41, 5.74) is 3.94. The van der Waals surface area contributed by atoms with Crippen LogP contribution < -0.4 is 16.4 Å². The molecule has 0 bridgehead atoms. The molecule has 20 heavy (non-hydrogen) atoms. The number of hydrogen-bond acceptors (Lipinski definition) is 4. The number of carbonyl (C=O) groups excluding carboxylic acids is 4. The first-order chi connectivity index (χ1) is 9.34. The van der Waals surface area contributed by atoms with Crippen molar-refractivity contribution in [2.24, 2.45) is 11.7 Å². The molecule has 1 heterocycles. The summed E-state index contributed by atoms with van der Waals surface area (Å²) in [5, 5.41) is 4.52. The van der Waals surface area contributed by atoms with Crippen molar-refractivity contribution >= 4 is 23.9 Å². The molecular weight excluding hydrogens is 264 g/mol. The fraction of sp³-hybridized carbons (Fsp3) is 0.667. The standard InChI is InChI=1S/C12H18N4O4/c1-7-2-4-12(5-3-7)9(18)16(11(20)15-12)6-8(17)14-10(13)19/h7H,2-6H2,1H3,(H,15,20)(H3,13,14,17,19). The first-order valence-electron chi connectivity index (χ1n) is 6.57. The summed E-state index contributed by atoms with van der Waals surface area (Å²) < 4.78 is 0. The molecule has 8 heteroatoms. The van der Waals surface area contributed by atoms with E-state index >= 15 is 0 Å². The van der Waals surface area contributed by atoms with Gasteiger partial charge in [0.2, 0.25) is 5.91 Å². The van der Waals surface area contributed by atoms with Crippen molar-refractivity contribution in [1.82, 2.24) is 15.5 Å². The third kappa shape index (κ3) is 2.59. The molecule has 1 aliphatic heterocycles. The number of imide groups is 2. The monoisotopic (exact) mass is 282 g/mol. The quantitative estimate of drug-likeness (QED) is 0.601. The normalized spacial score (nSPS) is 29.4. The first-order valence-corrected chi connectivity index (χ1v) is 6.57. The van der Waals surface area contributed by atoms with Gasteiger partial charge in [-0.25, -0.2) is 9.59 Å². The Labute approximate surface area is 116 Å². The van der Waals surface area contributed by atoms with Gasteiger partial charge in [-0.2, -0.15) is 0 Å². The van der Waals surface area contributed by atoms with Crippen LogP contribution in [0.3, 0.4) is 0 Å². The Morgan fingerprint density at radius 3 is 2.55 bits per heavy atom. The molecule has 1 aliphatic carbocycles. The van der Waals surface area contributed by atoms with Crippen LogP contribution in [0.5, 0.6) is 0 Å². The molecule has 0 atom stereocenters. The summed E-state index contributed by atoms with van der Waals surface area (Å²) >= 11 is 0. The second-order valence-corrected chi connectivity index (χ2v) is 5.50. The van der Waals surface area contributed by atoms with Crippen molar-refractivity contribution in [1.29, 1.82) is 0 Å². The van der Waals surface area contributed by atoms with Gasteiger partial charge in [-0.05, 0) is 31.6 Å². The van der Waals surface area contributed by atoms with Crippen LogP contribution in [0, 0.1) is 5.92 Å². The number of nitrogens with two attached hydrogens (primary N) is 1. The molecule has 0 radical (unpaired) electrons. The van der Waals surface area contributed by atoms with Gasteiger partial charge < -0.3 is 11.1 Å². The predicted octanol–water partition coefficient (Wildman–Crippen LogP) is -0.318. The smallest absolute Gasteiger partial charge is 0.325 e. The molecule has 0 aromatic heterocycles. The highest BCUT2D eigenvalue weighted by Crippen LogP contribution is 2.36. The van der Waals surface area contributed by atoms with E-state index in [4.69, 9.17) is 5.73 Å². The van der Waals surface area contributed by atoms with E-state index < -0.39 is 36.0 Å². The van der Waals surface area contributed by atoms with Crippen LogP contribution in [0.1, 0.15) is 32.6 Å². The molecule has 1 spiro atoms. The number of hydrogen-bond donors (Lipinski definition) is 3. The molecule has 4 N–H and O–H groups in total. The Morgan fingerprint density at radius 1 is 1.40 bits per heavy atom. The number of urea groups is 2. The highest BCUT2D eigenvalue weighted by atomic mass is 16.2. The lowest BCUT2D eigenvalue weighted by Crippen LogP contribution is -2.50. The number of rotatable bonds is 2. The van der Waals surface area contributed by atoms with E-state index in [0.717, 1.165) is 17.7 Å². The SMILES string of the molecule is CC1CCC2(CC1)NC(=O)N(CC(=O)NC(N)=O)C2=O. The topological polar surface area (TPSA) is 122 Å². The van der Waals surface area contributed by atoms with Gasteiger partial charge >= 0.3 is 12.1 Å². The third-order valence-electron chi connectivity index (χ3n) is 3.94. The molecule has 1 saturated heterocycles. The van der Waals surface area contributed by atoms with E-state index in [1.165, 1.54) is 0 Å². The van der Waals surface area contributed by atoms with Crippen LogP contribution >= 0.6 is 0 Å². The summed E-state index contributed by atoms with van der Waals surface area (Å²) in [6.45, 7) is 1.61. The highest BCUT2D eigenvalue weighted by Gasteiger charge is 2.52. The van der Waals surface area contributed by atoms with Gasteiger partial charge in [-0.1, -0.05) is 6.92 Å². The van der Waals surface area contributed by atoms with Gasteiger partial charge in [-0.15, -0.1) is 0 Å². The van der Waals surface area contributed by atoms with Crippen LogP contribution in [-0.4, -0.2) is 40.9 Å². The maximum atomic E-state index is 12.4. The van der Waals surface area contributed by atoms with E-state index in [9.17, 15) is 19.2 Å². The van der Waals surface area contributed by atoms with Gasteiger partial charge in [0.15, 0.2) is 0 Å². The Morgan fingerprint density at radius 2 is 2.00 bits per heavy atom. The average molecular weight is 282 g/mol. The summed E-state index contributed by atoms with van der Waals surface area (Å²) in [7, 11) is 0. The van der Waals surface area contributed by atoms with Gasteiger partial charge in [0.25, 0.3) is 5.91 Å². The number of primary amides is 1. The predicted molar refractivity (Wildman–Crippen MR) is 68.3 cm³/mol. The second kappa shape index (κ2) is 5.10. The van der Waals surface area contributed by atoms with Crippen LogP contribution in [0.4, 0.5) is 9.59 Å². The van der Waals surface area contributed by atoms with Crippen LogP contribution in [0.25, 0.3) is 0 Å². The van der Waals surface area contributed by atoms with Crippen molar-refractivity contribution < 1.29 is 19.2 Å². The zero-order valence-corrected chi connectivity index (χ0v) is 11.3. The Bertz CT molecular complexity index is 468. The molecule has 0 aromatic rings. The summed E-state index contributed by atoms with van der Waals surface area (Å²) in [6, 6.07) is -1.60. The van der Waals surface area contributed by atoms with Gasteiger partial charge in [0.05, 0.1) is 0 Å². The number of amides is 6. The molecule has 8 nitrogen and oxygen atoms in total. The summed E-state index contributed by atoms with van der Waals surface area (Å²) in [4.78, 5) is 47.1. The van der Waals surface area contributed by atoms with E-state index in [0.29, 0.717) is 18.8 Å².